The van der Waals surface area contributed by atoms with Crippen molar-refractivity contribution in [2.24, 2.45) is 7.05 Å². The Hall–Kier alpha value is -2.93. The highest BCUT2D eigenvalue weighted by Gasteiger charge is 2.35. The molecule has 0 spiro atoms. The molecule has 1 aromatic heterocycles. The molecule has 0 saturated carbocycles. The molecule has 1 heterocycles. The van der Waals surface area contributed by atoms with Crippen molar-refractivity contribution in [3.63, 3.8) is 0 Å². The molecule has 8 nitrogen and oxygen atoms in total. The second kappa shape index (κ2) is 8.61. The molecule has 2 rings (SSSR count). The number of hydrogen-bond acceptors (Lipinski definition) is 4. The molecule has 29 heavy (non-hydrogen) atoms. The molecule has 0 bridgehead atoms. The lowest BCUT2D eigenvalue weighted by Gasteiger charge is -2.15. The first-order valence-corrected chi connectivity index (χ1v) is 8.46. The zero-order chi connectivity index (χ0) is 21.9. The van der Waals surface area contributed by atoms with E-state index in [2.05, 4.69) is 27.8 Å². The number of anilines is 1. The summed E-state index contributed by atoms with van der Waals surface area (Å²) in [6, 6.07) is 1.03. The fourth-order valence-corrected chi connectivity index (χ4v) is 2.65. The Morgan fingerprint density at radius 2 is 1.97 bits per heavy atom. The number of nitrogens with zero attached hydrogens (tertiary/aromatic N) is 2. The van der Waals surface area contributed by atoms with Crippen LogP contribution in [-0.4, -0.2) is 21.8 Å². The molecule has 0 aliphatic rings. The Bertz CT molecular complexity index is 1080. The summed E-state index contributed by atoms with van der Waals surface area (Å²) in [6.07, 6.45) is -3.60. The maximum absolute atomic E-state index is 14.4. The van der Waals surface area contributed by atoms with E-state index in [1.54, 1.807) is 0 Å². The van der Waals surface area contributed by atoms with Gasteiger partial charge in [0.05, 0.1) is 18.0 Å². The van der Waals surface area contributed by atoms with Gasteiger partial charge in [0.2, 0.25) is 0 Å². The van der Waals surface area contributed by atoms with Crippen molar-refractivity contribution in [3.8, 4) is 5.69 Å². The van der Waals surface area contributed by atoms with Crippen molar-refractivity contribution in [3.05, 3.63) is 67.7 Å². The standard InChI is InChI=1S/C16H13BrF4N4O4/c1-3-4-29-23-14(27)22-10-6-11(9(18)5-8(10)17)25-13(26)7-12(16(19,20)21)24(2)15(25)28/h3,5-7H,1,4H2,2H3,(H2,22,23,27). The minimum absolute atomic E-state index is 0.000245. The molecule has 0 radical (unpaired) electrons. The van der Waals surface area contributed by atoms with Crippen LogP contribution >= 0.6 is 15.9 Å². The summed E-state index contributed by atoms with van der Waals surface area (Å²) in [5.41, 5.74) is -3.06. The first-order valence-electron chi connectivity index (χ1n) is 7.66. The van der Waals surface area contributed by atoms with Crippen molar-refractivity contribution in [1.82, 2.24) is 14.6 Å². The van der Waals surface area contributed by atoms with Gasteiger partial charge in [-0.3, -0.25) is 14.2 Å². The van der Waals surface area contributed by atoms with Crippen molar-refractivity contribution >= 4 is 27.6 Å². The number of benzene rings is 1. The number of hydrogen-bond donors (Lipinski definition) is 2. The first kappa shape index (κ1) is 22.4. The molecule has 0 fully saturated rings. The number of carbonyl (C=O) groups excluding carboxylic acids is 1. The minimum atomic E-state index is -4.96. The highest BCUT2D eigenvalue weighted by molar-refractivity contribution is 9.10. The summed E-state index contributed by atoms with van der Waals surface area (Å²) >= 11 is 2.99. The molecule has 2 amide bonds. The lowest BCUT2D eigenvalue weighted by Crippen LogP contribution is -2.41. The quantitative estimate of drug-likeness (QED) is 0.297. The smallest absolute Gasteiger partial charge is 0.305 e. The van der Waals surface area contributed by atoms with Crippen molar-refractivity contribution in [2.45, 2.75) is 6.18 Å². The van der Waals surface area contributed by atoms with Crippen LogP contribution in [0, 0.1) is 5.82 Å². The van der Waals surface area contributed by atoms with Gasteiger partial charge < -0.3 is 5.32 Å². The van der Waals surface area contributed by atoms with Crippen LogP contribution in [0.1, 0.15) is 5.69 Å². The van der Waals surface area contributed by atoms with E-state index in [9.17, 15) is 31.9 Å². The zero-order valence-electron chi connectivity index (χ0n) is 14.6. The fourth-order valence-electron chi connectivity index (χ4n) is 2.24. The summed E-state index contributed by atoms with van der Waals surface area (Å²) in [4.78, 5) is 40.9. The first-order chi connectivity index (χ1) is 13.5. The summed E-state index contributed by atoms with van der Waals surface area (Å²) in [5.74, 6) is -1.09. The lowest BCUT2D eigenvalue weighted by molar-refractivity contribution is -0.144. The van der Waals surface area contributed by atoms with E-state index in [0.29, 0.717) is 0 Å². The van der Waals surface area contributed by atoms with Crippen LogP contribution in [0.25, 0.3) is 5.69 Å². The van der Waals surface area contributed by atoms with E-state index < -0.39 is 40.7 Å². The van der Waals surface area contributed by atoms with E-state index in [4.69, 9.17) is 4.84 Å². The van der Waals surface area contributed by atoms with Crippen LogP contribution < -0.4 is 22.0 Å². The van der Waals surface area contributed by atoms with E-state index in [-0.39, 0.29) is 32.0 Å². The predicted molar refractivity (Wildman–Crippen MR) is 98.2 cm³/mol. The number of urea groups is 1. The Labute approximate surface area is 168 Å². The zero-order valence-corrected chi connectivity index (χ0v) is 16.2. The number of halogens is 5. The number of hydroxylamine groups is 1. The molecule has 2 aromatic rings. The molecule has 0 aliphatic carbocycles. The predicted octanol–water partition coefficient (Wildman–Crippen LogP) is 2.70. The molecule has 1 aromatic carbocycles. The normalized spacial score (nSPS) is 11.2. The number of nitrogens with one attached hydrogen (secondary N) is 2. The maximum atomic E-state index is 14.4. The third-order valence-corrected chi connectivity index (χ3v) is 4.16. The second-order valence-electron chi connectivity index (χ2n) is 5.48. The van der Waals surface area contributed by atoms with Crippen molar-refractivity contribution in [2.75, 3.05) is 11.9 Å². The molecule has 0 aliphatic heterocycles. The van der Waals surface area contributed by atoms with Gasteiger partial charge in [-0.25, -0.2) is 24.0 Å². The van der Waals surface area contributed by atoms with Gasteiger partial charge in [0.15, 0.2) is 0 Å². The average Bonchev–Trinajstić information content (AvgIpc) is 2.61. The largest absolute Gasteiger partial charge is 0.431 e. The number of alkyl halides is 3. The molecule has 2 N–H and O–H groups in total. The number of aromatic nitrogens is 2. The van der Waals surface area contributed by atoms with Gasteiger partial charge >= 0.3 is 17.9 Å². The van der Waals surface area contributed by atoms with Crippen LogP contribution in [0.4, 0.5) is 28.0 Å². The molecule has 156 valence electrons. The topological polar surface area (TPSA) is 94.4 Å². The van der Waals surface area contributed by atoms with Gasteiger partial charge in [0.25, 0.3) is 5.56 Å². The molecule has 0 atom stereocenters. The molecule has 0 saturated heterocycles. The van der Waals surface area contributed by atoms with Crippen LogP contribution in [0.15, 0.2) is 44.9 Å². The highest BCUT2D eigenvalue weighted by atomic mass is 79.9. The van der Waals surface area contributed by atoms with Gasteiger partial charge in [-0.05, 0) is 28.1 Å². The Kier molecular flexibility index (Phi) is 6.64. The molecular formula is C16H13BrF4N4O4. The monoisotopic (exact) mass is 480 g/mol. The summed E-state index contributed by atoms with van der Waals surface area (Å²) in [5, 5.41) is 2.27. The Morgan fingerprint density at radius 3 is 2.55 bits per heavy atom. The minimum Gasteiger partial charge on any atom is -0.305 e. The van der Waals surface area contributed by atoms with E-state index in [0.717, 1.165) is 19.2 Å². The van der Waals surface area contributed by atoms with E-state index in [1.165, 1.54) is 6.08 Å². The lowest BCUT2D eigenvalue weighted by atomic mass is 10.2. The summed E-state index contributed by atoms with van der Waals surface area (Å²) in [7, 11) is 0.793. The molecule has 0 unspecified atom stereocenters. The van der Waals surface area contributed by atoms with Gasteiger partial charge in [-0.1, -0.05) is 6.08 Å². The van der Waals surface area contributed by atoms with Gasteiger partial charge in [0.1, 0.15) is 11.5 Å². The highest BCUT2D eigenvalue weighted by Crippen LogP contribution is 2.29. The van der Waals surface area contributed by atoms with Gasteiger partial charge in [0, 0.05) is 17.6 Å². The van der Waals surface area contributed by atoms with Crippen LogP contribution in [0.2, 0.25) is 0 Å². The summed E-state index contributed by atoms with van der Waals surface area (Å²) in [6.45, 7) is 3.38. The maximum Gasteiger partial charge on any atom is 0.431 e. The summed E-state index contributed by atoms with van der Waals surface area (Å²) < 4.78 is 53.7. The van der Waals surface area contributed by atoms with Crippen LogP contribution in [0.5, 0.6) is 0 Å². The van der Waals surface area contributed by atoms with E-state index in [1.807, 2.05) is 5.48 Å². The SMILES string of the molecule is C=CCONC(=O)Nc1cc(-n2c(=O)cc(C(F)(F)F)n(C)c2=O)c(F)cc1Br. The van der Waals surface area contributed by atoms with Crippen LogP contribution in [-0.2, 0) is 18.1 Å². The molecular weight excluding hydrogens is 468 g/mol. The third kappa shape index (κ3) is 4.92. The van der Waals surface area contributed by atoms with Crippen molar-refractivity contribution < 1.29 is 27.2 Å². The Morgan fingerprint density at radius 1 is 1.31 bits per heavy atom. The second-order valence-corrected chi connectivity index (χ2v) is 6.34. The van der Waals surface area contributed by atoms with Gasteiger partial charge in [-0.15, -0.1) is 6.58 Å². The Balaban J connectivity index is 2.55. The number of amides is 2. The van der Waals surface area contributed by atoms with E-state index >= 15 is 0 Å². The molecule has 13 heteroatoms. The number of rotatable bonds is 5. The number of carbonyl (C=O) groups is 1. The third-order valence-electron chi connectivity index (χ3n) is 3.50. The van der Waals surface area contributed by atoms with Crippen molar-refractivity contribution in [1.29, 1.82) is 0 Å². The van der Waals surface area contributed by atoms with Crippen LogP contribution in [0.3, 0.4) is 0 Å². The fraction of sp³-hybridized carbons (Fsp3) is 0.188. The van der Waals surface area contributed by atoms with Gasteiger partial charge in [-0.2, -0.15) is 13.2 Å². The average molecular weight is 481 g/mol.